The molecule has 3 atom stereocenters. The number of hydrogen-bond donors (Lipinski definition) is 1. The number of imidazole rings is 1. The van der Waals surface area contributed by atoms with Crippen LogP contribution in [0.3, 0.4) is 0 Å². The quantitative estimate of drug-likeness (QED) is 0.415. The second-order valence-electron chi connectivity index (χ2n) is 12.1. The summed E-state index contributed by atoms with van der Waals surface area (Å²) in [6.07, 6.45) is 10.2. The third-order valence-corrected chi connectivity index (χ3v) is 9.61. The Hall–Kier alpha value is -3.76. The zero-order chi connectivity index (χ0) is 28.6. The van der Waals surface area contributed by atoms with Gasteiger partial charge in [0.05, 0.1) is 11.7 Å². The molecular formula is C32H40N8O2. The number of piperazine rings is 1. The highest BCUT2D eigenvalue weighted by molar-refractivity contribution is 5.87. The highest BCUT2D eigenvalue weighted by Gasteiger charge is 2.38. The van der Waals surface area contributed by atoms with Gasteiger partial charge in [0.15, 0.2) is 0 Å². The lowest BCUT2D eigenvalue weighted by molar-refractivity contribution is -0.128. The third kappa shape index (κ3) is 5.18. The first-order chi connectivity index (χ1) is 20.6. The zero-order valence-corrected chi connectivity index (χ0v) is 24.4. The summed E-state index contributed by atoms with van der Waals surface area (Å²) in [5.41, 5.74) is 5.14. The number of fused-ring (bicyclic) bond motifs is 2. The molecule has 3 aliphatic heterocycles. The molecule has 10 nitrogen and oxygen atoms in total. The first-order valence-electron chi connectivity index (χ1n) is 15.3. The van der Waals surface area contributed by atoms with Crippen LogP contribution in [0.5, 0.6) is 6.01 Å². The number of ether oxygens (including phenoxy) is 1. The summed E-state index contributed by atoms with van der Waals surface area (Å²) in [7, 11) is 2.16. The first-order valence-corrected chi connectivity index (χ1v) is 15.3. The summed E-state index contributed by atoms with van der Waals surface area (Å²) >= 11 is 0. The summed E-state index contributed by atoms with van der Waals surface area (Å²) < 4.78 is 6.32. The number of rotatable bonds is 8. The van der Waals surface area contributed by atoms with Gasteiger partial charge in [-0.25, -0.2) is 4.98 Å². The van der Waals surface area contributed by atoms with Crippen molar-refractivity contribution in [2.24, 2.45) is 0 Å². The van der Waals surface area contributed by atoms with Gasteiger partial charge in [0, 0.05) is 69.2 Å². The number of aromatic nitrogens is 4. The molecule has 1 aliphatic carbocycles. The number of carbonyl (C=O) groups is 1. The molecule has 2 aromatic heterocycles. The highest BCUT2D eigenvalue weighted by Crippen LogP contribution is 2.42. The predicted molar refractivity (Wildman–Crippen MR) is 160 cm³/mol. The fourth-order valence-electron chi connectivity index (χ4n) is 7.32. The van der Waals surface area contributed by atoms with Crippen LogP contribution < -0.4 is 9.64 Å². The van der Waals surface area contributed by atoms with E-state index < -0.39 is 0 Å². The fourth-order valence-corrected chi connectivity index (χ4v) is 7.32. The Morgan fingerprint density at radius 3 is 2.86 bits per heavy atom. The van der Waals surface area contributed by atoms with Crippen molar-refractivity contribution < 1.29 is 9.53 Å². The minimum Gasteiger partial charge on any atom is -0.462 e. The maximum atomic E-state index is 12.8. The number of H-pyrrole nitrogens is 1. The van der Waals surface area contributed by atoms with Gasteiger partial charge in [-0.05, 0) is 56.5 Å². The second kappa shape index (κ2) is 11.5. The maximum absolute atomic E-state index is 12.8. The van der Waals surface area contributed by atoms with Crippen molar-refractivity contribution in [3.05, 3.63) is 77.5 Å². The Morgan fingerprint density at radius 1 is 1.14 bits per heavy atom. The molecule has 1 N–H and O–H groups in total. The van der Waals surface area contributed by atoms with Crippen LogP contribution in [0, 0.1) is 0 Å². The molecule has 42 heavy (non-hydrogen) atoms. The number of aromatic amines is 1. The van der Waals surface area contributed by atoms with Crippen LogP contribution in [0.2, 0.25) is 0 Å². The van der Waals surface area contributed by atoms with Gasteiger partial charge in [-0.3, -0.25) is 9.69 Å². The van der Waals surface area contributed by atoms with Crippen molar-refractivity contribution >= 4 is 11.7 Å². The van der Waals surface area contributed by atoms with Crippen LogP contribution >= 0.6 is 0 Å². The van der Waals surface area contributed by atoms with Crippen LogP contribution in [0.25, 0.3) is 0 Å². The standard InChI is InChI=1S/C32H40N8O2/c1-3-30(41)40-16-15-38(18-24(40)17-29-33-12-13-34-29)31-26-19-39(28-11-10-22-7-4-5-9-25(22)28)20-27(26)35-32(36-31)42-21-23-8-6-14-37(23)2/h3-5,7,9,12-13,23-24,28H,1,6,8,10-11,14-21H2,2H3,(H,33,34)/t23?,24-,28?/m0/s1. The third-order valence-electron chi connectivity index (χ3n) is 9.61. The molecule has 0 bridgehead atoms. The molecule has 0 saturated carbocycles. The van der Waals surface area contributed by atoms with E-state index in [9.17, 15) is 4.79 Å². The van der Waals surface area contributed by atoms with Gasteiger partial charge >= 0.3 is 6.01 Å². The molecule has 220 valence electrons. The van der Waals surface area contributed by atoms with E-state index in [1.54, 1.807) is 6.20 Å². The number of anilines is 1. The lowest BCUT2D eigenvalue weighted by Crippen LogP contribution is -2.56. The van der Waals surface area contributed by atoms with Crippen molar-refractivity contribution in [1.29, 1.82) is 0 Å². The van der Waals surface area contributed by atoms with Crippen molar-refractivity contribution in [1.82, 2.24) is 34.6 Å². The Balaban J connectivity index is 1.18. The summed E-state index contributed by atoms with van der Waals surface area (Å²) in [5, 5.41) is 0. The minimum absolute atomic E-state index is 0.0464. The fraction of sp³-hybridized carbons (Fsp3) is 0.500. The molecule has 3 aromatic rings. The molecule has 0 spiro atoms. The van der Waals surface area contributed by atoms with E-state index in [0.717, 1.165) is 56.2 Å². The van der Waals surface area contributed by atoms with Crippen LogP contribution in [0.15, 0.2) is 49.3 Å². The SMILES string of the molecule is C=CC(=O)N1CCN(c2nc(OCC3CCCN3C)nc3c2CN(C2CCc4ccccc42)C3)C[C@@H]1Cc1ncc[nH]1. The van der Waals surface area contributed by atoms with Gasteiger partial charge < -0.3 is 24.4 Å². The molecule has 1 aromatic carbocycles. The molecular weight excluding hydrogens is 528 g/mol. The number of carbonyl (C=O) groups excluding carboxylic acids is 1. The summed E-state index contributed by atoms with van der Waals surface area (Å²) in [6, 6.07) is 10.0. The molecule has 5 heterocycles. The van der Waals surface area contributed by atoms with Gasteiger partial charge in [-0.15, -0.1) is 0 Å². The van der Waals surface area contributed by atoms with E-state index >= 15 is 0 Å². The number of likely N-dealkylation sites (tertiary alicyclic amines) is 1. The molecule has 4 aliphatic rings. The van der Waals surface area contributed by atoms with E-state index in [1.165, 1.54) is 29.2 Å². The van der Waals surface area contributed by atoms with Gasteiger partial charge in [0.2, 0.25) is 5.91 Å². The second-order valence-corrected chi connectivity index (χ2v) is 12.1. The van der Waals surface area contributed by atoms with Gasteiger partial charge in [0.1, 0.15) is 18.2 Å². The Bertz CT molecular complexity index is 1440. The average molecular weight is 569 g/mol. The topological polar surface area (TPSA) is 93.7 Å². The number of amides is 1. The van der Waals surface area contributed by atoms with Gasteiger partial charge in [-0.2, -0.15) is 9.97 Å². The number of aryl methyl sites for hydroxylation is 1. The van der Waals surface area contributed by atoms with Crippen molar-refractivity contribution in [2.45, 2.75) is 63.3 Å². The average Bonchev–Trinajstić information content (AvgIpc) is 3.82. The summed E-state index contributed by atoms with van der Waals surface area (Å²) in [6.45, 7) is 8.98. The number of benzene rings is 1. The maximum Gasteiger partial charge on any atom is 0.318 e. The summed E-state index contributed by atoms with van der Waals surface area (Å²) in [5.74, 6) is 1.76. The smallest absolute Gasteiger partial charge is 0.318 e. The lowest BCUT2D eigenvalue weighted by Gasteiger charge is -2.42. The van der Waals surface area contributed by atoms with Crippen molar-refractivity contribution in [2.75, 3.05) is 44.7 Å². The monoisotopic (exact) mass is 568 g/mol. The summed E-state index contributed by atoms with van der Waals surface area (Å²) in [4.78, 5) is 39.7. The van der Waals surface area contributed by atoms with Crippen LogP contribution in [0.4, 0.5) is 5.82 Å². The number of hydrogen-bond acceptors (Lipinski definition) is 8. The number of nitrogens with zero attached hydrogens (tertiary/aromatic N) is 7. The molecule has 1 amide bonds. The molecule has 2 unspecified atom stereocenters. The van der Waals surface area contributed by atoms with E-state index in [-0.39, 0.29) is 11.9 Å². The van der Waals surface area contributed by atoms with Crippen LogP contribution in [0.1, 0.15) is 53.5 Å². The largest absolute Gasteiger partial charge is 0.462 e. The van der Waals surface area contributed by atoms with E-state index in [2.05, 4.69) is 62.6 Å². The normalized spacial score (nSPS) is 24.2. The van der Waals surface area contributed by atoms with Crippen LogP contribution in [-0.4, -0.2) is 92.5 Å². The highest BCUT2D eigenvalue weighted by atomic mass is 16.5. The first kappa shape index (κ1) is 27.1. The Kier molecular flexibility index (Phi) is 7.41. The molecule has 10 heteroatoms. The molecule has 7 rings (SSSR count). The molecule has 2 fully saturated rings. The van der Waals surface area contributed by atoms with Crippen molar-refractivity contribution in [3.8, 4) is 6.01 Å². The molecule has 2 saturated heterocycles. The Morgan fingerprint density at radius 2 is 2.05 bits per heavy atom. The van der Waals surface area contributed by atoms with Gasteiger partial charge in [-0.1, -0.05) is 30.8 Å². The van der Waals surface area contributed by atoms with Crippen molar-refractivity contribution in [3.63, 3.8) is 0 Å². The van der Waals surface area contributed by atoms with E-state index in [0.29, 0.717) is 50.8 Å². The molecule has 0 radical (unpaired) electrons. The Labute approximate surface area is 247 Å². The number of nitrogens with one attached hydrogen (secondary N) is 1. The van der Waals surface area contributed by atoms with Gasteiger partial charge in [0.25, 0.3) is 0 Å². The van der Waals surface area contributed by atoms with Crippen LogP contribution in [-0.2, 0) is 30.7 Å². The van der Waals surface area contributed by atoms with E-state index in [4.69, 9.17) is 14.7 Å². The lowest BCUT2D eigenvalue weighted by atomic mass is 10.1. The number of likely N-dealkylation sites (N-methyl/N-ethyl adjacent to an activating group) is 1. The van der Waals surface area contributed by atoms with E-state index in [1.807, 2.05) is 11.1 Å². The predicted octanol–water partition coefficient (Wildman–Crippen LogP) is 3.12. The zero-order valence-electron chi connectivity index (χ0n) is 24.4. The minimum atomic E-state index is -0.0586.